The lowest BCUT2D eigenvalue weighted by Gasteiger charge is -2.58. The summed E-state index contributed by atoms with van der Waals surface area (Å²) in [6.45, 7) is 13.0. The van der Waals surface area contributed by atoms with Crippen LogP contribution in [0.1, 0.15) is 136 Å². The van der Waals surface area contributed by atoms with Gasteiger partial charge in [-0.25, -0.2) is 4.79 Å². The number of fused-ring (bicyclic) bond motifs is 5. The van der Waals surface area contributed by atoms with E-state index in [-0.39, 0.29) is 61.3 Å². The number of anilines is 1. The van der Waals surface area contributed by atoms with Gasteiger partial charge in [0.25, 0.3) is 5.69 Å². The molecule has 4 aliphatic carbocycles. The normalized spacial score (nSPS) is 24.7. The number of nitro benzene ring substituents is 1. The van der Waals surface area contributed by atoms with Gasteiger partial charge in [0.2, 0.25) is 23.6 Å². The number of ether oxygens (including phenoxy) is 3. The van der Waals surface area contributed by atoms with E-state index in [1.807, 2.05) is 30.3 Å². The van der Waals surface area contributed by atoms with Crippen LogP contribution < -0.4 is 26.0 Å². The van der Waals surface area contributed by atoms with Gasteiger partial charge in [-0.05, 0) is 140 Å². The smallest absolute Gasteiger partial charge is 0.429 e. The molecule has 0 spiro atoms. The molecule has 7 rings (SSSR count). The molecule has 400 valence electrons. The summed E-state index contributed by atoms with van der Waals surface area (Å²) in [6.07, 6.45) is 16.7. The van der Waals surface area contributed by atoms with E-state index in [0.717, 1.165) is 53.9 Å². The Kier molecular flexibility index (Phi) is 19.5. The van der Waals surface area contributed by atoms with Crippen LogP contribution in [0.3, 0.4) is 0 Å². The summed E-state index contributed by atoms with van der Waals surface area (Å²) in [6, 6.07) is 19.6. The molecule has 4 aliphatic rings. The van der Waals surface area contributed by atoms with Crippen molar-refractivity contribution in [3.8, 4) is 5.75 Å². The van der Waals surface area contributed by atoms with Gasteiger partial charge in [0.15, 0.2) is 0 Å². The molecule has 0 radical (unpaired) electrons. The van der Waals surface area contributed by atoms with Gasteiger partial charge in [-0.2, -0.15) is 0 Å². The zero-order valence-corrected chi connectivity index (χ0v) is 44.2. The Morgan fingerprint density at radius 2 is 1.53 bits per heavy atom. The van der Waals surface area contributed by atoms with Gasteiger partial charge in [0, 0.05) is 50.2 Å². The largest absolute Gasteiger partial charge is 0.514 e. The molecule has 15 heteroatoms. The van der Waals surface area contributed by atoms with Gasteiger partial charge in [-0.15, -0.1) is 0 Å². The summed E-state index contributed by atoms with van der Waals surface area (Å²) >= 11 is 0. The monoisotopic (exact) mass is 1020 g/mol. The minimum atomic E-state index is -0.998. The molecule has 0 heterocycles. The molecular formula is C59H79N5O10. The van der Waals surface area contributed by atoms with Crippen molar-refractivity contribution in [3.63, 3.8) is 0 Å². The Balaban J connectivity index is 0.783. The first-order chi connectivity index (χ1) is 35.5. The third kappa shape index (κ3) is 14.8. The van der Waals surface area contributed by atoms with Crippen LogP contribution in [0, 0.1) is 56.5 Å². The lowest BCUT2D eigenvalue weighted by molar-refractivity contribution is -0.384. The SMILES string of the molecule is CC(C)CCC[C@@H](C)C1CCC2[C@@H]3CC=C4C[C@@H](OCCCNC(=O)CCC(=O)N[C@@H](Cc5ccccc5)C(=O)NCC(=O)Nc5ccc(COC(=O)Oc6ccc([N+](=O)[O-])cc6)cc5)CC[C@]4(C)C3CC[C@@]21C. The summed E-state index contributed by atoms with van der Waals surface area (Å²) in [4.78, 5) is 74.6. The fourth-order valence-corrected chi connectivity index (χ4v) is 13.1. The van der Waals surface area contributed by atoms with Gasteiger partial charge < -0.3 is 35.5 Å². The molecule has 0 aromatic heterocycles. The van der Waals surface area contributed by atoms with Gasteiger partial charge in [-0.3, -0.25) is 29.3 Å². The van der Waals surface area contributed by atoms with E-state index in [1.54, 1.807) is 29.8 Å². The van der Waals surface area contributed by atoms with Gasteiger partial charge >= 0.3 is 6.16 Å². The Bertz CT molecular complexity index is 2430. The molecule has 0 aliphatic heterocycles. The van der Waals surface area contributed by atoms with Crippen molar-refractivity contribution in [3.05, 3.63) is 112 Å². The van der Waals surface area contributed by atoms with E-state index in [2.05, 4.69) is 62.0 Å². The maximum atomic E-state index is 13.4. The molecule has 74 heavy (non-hydrogen) atoms. The maximum Gasteiger partial charge on any atom is 0.514 e. The minimum absolute atomic E-state index is 0.0402. The van der Waals surface area contributed by atoms with Crippen LogP contribution in [0.25, 0.3) is 0 Å². The van der Waals surface area contributed by atoms with E-state index < -0.39 is 34.8 Å². The molecule has 3 unspecified atom stereocenters. The Morgan fingerprint density at radius 1 is 0.784 bits per heavy atom. The van der Waals surface area contributed by atoms with Crippen LogP contribution in [0.15, 0.2) is 90.5 Å². The van der Waals surface area contributed by atoms with E-state index in [9.17, 15) is 34.1 Å². The number of nitrogens with zero attached hydrogens (tertiary/aromatic N) is 1. The predicted octanol–water partition coefficient (Wildman–Crippen LogP) is 10.8. The Labute approximate surface area is 437 Å². The first-order valence-corrected chi connectivity index (χ1v) is 27.2. The van der Waals surface area contributed by atoms with E-state index in [4.69, 9.17) is 14.2 Å². The zero-order valence-electron chi connectivity index (χ0n) is 44.2. The van der Waals surface area contributed by atoms with Gasteiger partial charge in [0.1, 0.15) is 18.4 Å². The highest BCUT2D eigenvalue weighted by Gasteiger charge is 2.59. The number of hydrogen-bond donors (Lipinski definition) is 4. The summed E-state index contributed by atoms with van der Waals surface area (Å²) in [5.41, 5.74) is 4.06. The second-order valence-electron chi connectivity index (χ2n) is 22.4. The number of non-ortho nitro benzene ring substituents is 1. The molecular weight excluding hydrogens is 939 g/mol. The molecule has 0 saturated heterocycles. The van der Waals surface area contributed by atoms with Crippen LogP contribution in [-0.2, 0) is 41.7 Å². The quantitative estimate of drug-likeness (QED) is 0.0167. The molecule has 15 nitrogen and oxygen atoms in total. The number of amides is 4. The molecule has 3 fully saturated rings. The number of hydrogen-bond acceptors (Lipinski definition) is 10. The van der Waals surface area contributed by atoms with Crippen LogP contribution in [0.2, 0.25) is 0 Å². The summed E-state index contributed by atoms with van der Waals surface area (Å²) in [7, 11) is 0. The molecule has 3 aromatic rings. The number of nitrogens with one attached hydrogen (secondary N) is 4. The first-order valence-electron chi connectivity index (χ1n) is 27.2. The number of carbonyl (C=O) groups is 5. The standard InChI is InChI=1S/C59H79N5O10/c1-39(2)11-9-12-40(3)49-25-26-50-48-24-17-43-36-47(29-31-58(43,4)51(48)30-32-59(49,50)5)72-34-10-33-60-53(65)27-28-54(66)63-52(35-41-13-7-6-8-14-41)56(68)61-37-55(67)62-44-18-15-42(16-19-44)38-73-57(69)74-46-22-20-45(21-23-46)64(70)71/h6-8,13-23,39-40,47-52H,9-12,24-38H2,1-5H3,(H,60,65)(H,61,68)(H,62,67)(H,63,66)/t40-,47+,48+,49?,50?,51?,52+,58+,59-/m1/s1. The minimum Gasteiger partial charge on any atom is -0.429 e. The topological polar surface area (TPSA) is 204 Å². The lowest BCUT2D eigenvalue weighted by atomic mass is 9.47. The van der Waals surface area contributed by atoms with Crippen molar-refractivity contribution in [2.24, 2.45) is 46.3 Å². The van der Waals surface area contributed by atoms with E-state index in [0.29, 0.717) is 36.2 Å². The number of nitro groups is 1. The fourth-order valence-electron chi connectivity index (χ4n) is 13.1. The van der Waals surface area contributed by atoms with E-state index >= 15 is 0 Å². The Morgan fingerprint density at radius 3 is 2.26 bits per heavy atom. The van der Waals surface area contributed by atoms with Crippen LogP contribution in [-0.4, -0.2) is 66.5 Å². The number of carbonyl (C=O) groups excluding carboxylic acids is 5. The molecule has 4 N–H and O–H groups in total. The lowest BCUT2D eigenvalue weighted by Crippen LogP contribution is -2.51. The summed E-state index contributed by atoms with van der Waals surface area (Å²) < 4.78 is 16.6. The fraction of sp³-hybridized carbons (Fsp3) is 0.576. The van der Waals surface area contributed by atoms with Gasteiger partial charge in [0.05, 0.1) is 17.6 Å². The first kappa shape index (κ1) is 55.7. The maximum absolute atomic E-state index is 13.4. The molecule has 0 bridgehead atoms. The van der Waals surface area contributed by atoms with Crippen molar-refractivity contribution in [1.82, 2.24) is 16.0 Å². The Hall–Kier alpha value is -6.09. The third-order valence-corrected chi connectivity index (χ3v) is 17.0. The predicted molar refractivity (Wildman–Crippen MR) is 284 cm³/mol. The van der Waals surface area contributed by atoms with Gasteiger partial charge in [-0.1, -0.05) is 108 Å². The third-order valence-electron chi connectivity index (χ3n) is 17.0. The number of benzene rings is 3. The van der Waals surface area contributed by atoms with E-state index in [1.165, 1.54) is 82.1 Å². The summed E-state index contributed by atoms with van der Waals surface area (Å²) in [5, 5.41) is 21.8. The molecule has 3 aromatic carbocycles. The number of allylic oxidation sites excluding steroid dienone is 1. The number of rotatable bonds is 24. The average molecular weight is 1020 g/mol. The van der Waals surface area contributed by atoms with Crippen LogP contribution >= 0.6 is 0 Å². The highest BCUT2D eigenvalue weighted by atomic mass is 16.7. The van der Waals surface area contributed by atoms with Crippen LogP contribution in [0.4, 0.5) is 16.2 Å². The van der Waals surface area contributed by atoms with Crippen molar-refractivity contribution in [2.45, 2.75) is 150 Å². The second kappa shape index (κ2) is 25.9. The average Bonchev–Trinajstić information content (AvgIpc) is 3.74. The van der Waals surface area contributed by atoms with Crippen molar-refractivity contribution in [1.29, 1.82) is 0 Å². The second-order valence-corrected chi connectivity index (χ2v) is 22.4. The van der Waals surface area contributed by atoms with Crippen molar-refractivity contribution >= 4 is 41.2 Å². The molecule has 3 saturated carbocycles. The highest BCUT2D eigenvalue weighted by molar-refractivity contribution is 5.96. The van der Waals surface area contributed by atoms with Crippen molar-refractivity contribution < 1.29 is 43.1 Å². The summed E-state index contributed by atoms with van der Waals surface area (Å²) in [5.74, 6) is 3.22. The zero-order chi connectivity index (χ0) is 52.8. The molecule has 4 amide bonds. The van der Waals surface area contributed by atoms with Crippen LogP contribution in [0.5, 0.6) is 5.75 Å². The van der Waals surface area contributed by atoms with Crippen molar-refractivity contribution in [2.75, 3.05) is 25.0 Å². The highest BCUT2D eigenvalue weighted by Crippen LogP contribution is 2.67. The molecule has 9 atom stereocenters.